The summed E-state index contributed by atoms with van der Waals surface area (Å²) in [6, 6.07) is 5.70. The Balaban J connectivity index is 2.49. The molecule has 0 aliphatic carbocycles. The third-order valence-electron chi connectivity index (χ3n) is 2.62. The van der Waals surface area contributed by atoms with Crippen molar-refractivity contribution >= 4 is 60.2 Å². The van der Waals surface area contributed by atoms with Crippen molar-refractivity contribution in [1.29, 1.82) is 0 Å². The van der Waals surface area contributed by atoms with Crippen molar-refractivity contribution < 1.29 is 4.79 Å². The molecule has 1 aromatic carbocycles. The summed E-state index contributed by atoms with van der Waals surface area (Å²) in [5, 5.41) is 4.24. The molecule has 0 spiro atoms. The first kappa shape index (κ1) is 15.2. The second kappa shape index (κ2) is 6.49. The SMILES string of the molecule is CCCn1ncc(Br)c1C(=O)c1cc(Br)ccc1I. The number of rotatable bonds is 4. The largest absolute Gasteiger partial charge is 0.287 e. The molecule has 0 N–H and O–H groups in total. The topological polar surface area (TPSA) is 34.9 Å². The maximum atomic E-state index is 12.7. The molecule has 1 aromatic heterocycles. The Hall–Kier alpha value is -0.210. The zero-order valence-electron chi connectivity index (χ0n) is 10.2. The van der Waals surface area contributed by atoms with Crippen LogP contribution >= 0.6 is 54.5 Å². The molecule has 0 bridgehead atoms. The van der Waals surface area contributed by atoms with Crippen molar-refractivity contribution in [3.05, 3.63) is 48.2 Å². The van der Waals surface area contributed by atoms with Gasteiger partial charge in [0.25, 0.3) is 0 Å². The second-order valence-electron chi connectivity index (χ2n) is 4.02. The minimum Gasteiger partial charge on any atom is -0.287 e. The van der Waals surface area contributed by atoms with Gasteiger partial charge in [-0.05, 0) is 63.1 Å². The van der Waals surface area contributed by atoms with Crippen LogP contribution in [0.2, 0.25) is 0 Å². The third kappa shape index (κ3) is 3.28. The first-order valence-electron chi connectivity index (χ1n) is 5.75. The van der Waals surface area contributed by atoms with Crippen molar-refractivity contribution in [2.45, 2.75) is 19.9 Å². The fraction of sp³-hybridized carbons (Fsp3) is 0.231. The van der Waals surface area contributed by atoms with E-state index >= 15 is 0 Å². The van der Waals surface area contributed by atoms with E-state index in [1.54, 1.807) is 10.9 Å². The van der Waals surface area contributed by atoms with Gasteiger partial charge in [-0.2, -0.15) is 5.10 Å². The fourth-order valence-corrected chi connectivity index (χ4v) is 3.19. The zero-order chi connectivity index (χ0) is 14.0. The van der Waals surface area contributed by atoms with Crippen LogP contribution in [0.5, 0.6) is 0 Å². The van der Waals surface area contributed by atoms with Crippen LogP contribution in [0, 0.1) is 3.57 Å². The lowest BCUT2D eigenvalue weighted by atomic mass is 10.1. The lowest BCUT2D eigenvalue weighted by Gasteiger charge is -2.08. The lowest BCUT2D eigenvalue weighted by Crippen LogP contribution is -2.13. The predicted octanol–water partition coefficient (Wildman–Crippen LogP) is 4.65. The average Bonchev–Trinajstić information content (AvgIpc) is 2.73. The molecule has 6 heteroatoms. The molecule has 0 atom stereocenters. The van der Waals surface area contributed by atoms with Gasteiger partial charge in [-0.15, -0.1) is 0 Å². The molecule has 2 rings (SSSR count). The standard InChI is InChI=1S/C13H11Br2IN2O/c1-2-5-18-12(10(15)7-17-18)13(19)9-6-8(14)3-4-11(9)16/h3-4,6-7H,2,5H2,1H3. The number of carbonyl (C=O) groups is 1. The van der Waals surface area contributed by atoms with Crippen LogP contribution < -0.4 is 0 Å². The molecule has 0 unspecified atom stereocenters. The number of ketones is 1. The van der Waals surface area contributed by atoms with Gasteiger partial charge in [-0.25, -0.2) is 0 Å². The smallest absolute Gasteiger partial charge is 0.213 e. The molecule has 0 saturated carbocycles. The zero-order valence-corrected chi connectivity index (χ0v) is 15.5. The lowest BCUT2D eigenvalue weighted by molar-refractivity contribution is 0.102. The molecule has 0 saturated heterocycles. The first-order valence-corrected chi connectivity index (χ1v) is 8.42. The molecule has 100 valence electrons. The quantitative estimate of drug-likeness (QED) is 0.455. The van der Waals surface area contributed by atoms with E-state index in [4.69, 9.17) is 0 Å². The van der Waals surface area contributed by atoms with Crippen LogP contribution in [0.3, 0.4) is 0 Å². The van der Waals surface area contributed by atoms with E-state index in [1.165, 1.54) is 0 Å². The van der Waals surface area contributed by atoms with E-state index in [0.29, 0.717) is 11.3 Å². The van der Waals surface area contributed by atoms with E-state index < -0.39 is 0 Å². The summed E-state index contributed by atoms with van der Waals surface area (Å²) in [4.78, 5) is 12.7. The van der Waals surface area contributed by atoms with Crippen LogP contribution in [0.1, 0.15) is 29.4 Å². The van der Waals surface area contributed by atoms with Crippen LogP contribution in [0.15, 0.2) is 33.3 Å². The summed E-state index contributed by atoms with van der Waals surface area (Å²) in [6.07, 6.45) is 2.61. The number of nitrogens with zero attached hydrogens (tertiary/aromatic N) is 2. The average molecular weight is 498 g/mol. The number of aromatic nitrogens is 2. The molecular formula is C13H11Br2IN2O. The van der Waals surface area contributed by atoms with Gasteiger partial charge in [0.1, 0.15) is 5.69 Å². The number of hydrogen-bond acceptors (Lipinski definition) is 2. The maximum absolute atomic E-state index is 12.7. The summed E-state index contributed by atoms with van der Waals surface area (Å²) in [7, 11) is 0. The van der Waals surface area contributed by atoms with Gasteiger partial charge in [-0.1, -0.05) is 22.9 Å². The van der Waals surface area contributed by atoms with Gasteiger partial charge in [0.15, 0.2) is 0 Å². The van der Waals surface area contributed by atoms with E-state index in [1.807, 2.05) is 18.2 Å². The van der Waals surface area contributed by atoms with Gasteiger partial charge >= 0.3 is 0 Å². The monoisotopic (exact) mass is 496 g/mol. The van der Waals surface area contributed by atoms with Gasteiger partial charge in [-0.3, -0.25) is 9.48 Å². The fourth-order valence-electron chi connectivity index (χ4n) is 1.77. The molecule has 0 fully saturated rings. The first-order chi connectivity index (χ1) is 9.04. The van der Waals surface area contributed by atoms with Crippen LogP contribution in [-0.2, 0) is 6.54 Å². The molecule has 3 nitrogen and oxygen atoms in total. The summed E-state index contributed by atoms with van der Waals surface area (Å²) in [5.41, 5.74) is 1.30. The van der Waals surface area contributed by atoms with Crippen molar-refractivity contribution in [2.24, 2.45) is 0 Å². The van der Waals surface area contributed by atoms with Gasteiger partial charge in [0, 0.05) is 20.2 Å². The highest BCUT2D eigenvalue weighted by Gasteiger charge is 2.20. The molecule has 0 radical (unpaired) electrons. The molecule has 0 aliphatic rings. The van der Waals surface area contributed by atoms with Crippen molar-refractivity contribution in [3.63, 3.8) is 0 Å². The number of aryl methyl sites for hydroxylation is 1. The van der Waals surface area contributed by atoms with Gasteiger partial charge in [0.05, 0.1) is 10.7 Å². The molecule has 0 aliphatic heterocycles. The van der Waals surface area contributed by atoms with Gasteiger partial charge in [0.2, 0.25) is 5.78 Å². The molecule has 2 aromatic rings. The Morgan fingerprint density at radius 3 is 2.84 bits per heavy atom. The molecule has 19 heavy (non-hydrogen) atoms. The van der Waals surface area contributed by atoms with Crippen LogP contribution in [0.25, 0.3) is 0 Å². The third-order valence-corrected chi connectivity index (χ3v) is 4.63. The number of carbonyl (C=O) groups excluding carboxylic acids is 1. The Morgan fingerprint density at radius 2 is 2.16 bits per heavy atom. The molecule has 1 heterocycles. The predicted molar refractivity (Wildman–Crippen MR) is 90.5 cm³/mol. The molecule has 0 amide bonds. The Labute approximate surface area is 142 Å². The highest BCUT2D eigenvalue weighted by atomic mass is 127. The normalized spacial score (nSPS) is 10.7. The Bertz CT molecular complexity index is 625. The van der Waals surface area contributed by atoms with E-state index in [-0.39, 0.29) is 5.78 Å². The Morgan fingerprint density at radius 1 is 1.42 bits per heavy atom. The maximum Gasteiger partial charge on any atom is 0.213 e. The number of halogens is 3. The van der Waals surface area contributed by atoms with Crippen LogP contribution in [0.4, 0.5) is 0 Å². The highest BCUT2D eigenvalue weighted by molar-refractivity contribution is 14.1. The second-order valence-corrected chi connectivity index (χ2v) is 6.95. The summed E-state index contributed by atoms with van der Waals surface area (Å²) in [5.74, 6) is -0.0106. The van der Waals surface area contributed by atoms with Gasteiger partial charge < -0.3 is 0 Å². The molecular weight excluding hydrogens is 487 g/mol. The minimum absolute atomic E-state index is 0.0106. The summed E-state index contributed by atoms with van der Waals surface area (Å²) in [6.45, 7) is 2.80. The minimum atomic E-state index is -0.0106. The van der Waals surface area contributed by atoms with E-state index in [0.717, 1.165) is 25.5 Å². The highest BCUT2D eigenvalue weighted by Crippen LogP contribution is 2.25. The van der Waals surface area contributed by atoms with Crippen molar-refractivity contribution in [3.8, 4) is 0 Å². The Kier molecular flexibility index (Phi) is 5.19. The van der Waals surface area contributed by atoms with Crippen molar-refractivity contribution in [1.82, 2.24) is 9.78 Å². The number of hydrogen-bond donors (Lipinski definition) is 0. The number of benzene rings is 1. The van der Waals surface area contributed by atoms with E-state index in [9.17, 15) is 4.79 Å². The van der Waals surface area contributed by atoms with Crippen LogP contribution in [-0.4, -0.2) is 15.6 Å². The summed E-state index contributed by atoms with van der Waals surface area (Å²) >= 11 is 8.99. The summed E-state index contributed by atoms with van der Waals surface area (Å²) < 4.78 is 4.32. The van der Waals surface area contributed by atoms with Crippen molar-refractivity contribution in [2.75, 3.05) is 0 Å². The van der Waals surface area contributed by atoms with E-state index in [2.05, 4.69) is 66.5 Å².